The minimum Gasteiger partial charge on any atom is -0.349 e. The third-order valence-corrected chi connectivity index (χ3v) is 4.06. The second-order valence-electron chi connectivity index (χ2n) is 4.60. The molecule has 2 aliphatic rings. The average Bonchev–Trinajstić information content (AvgIpc) is 2.82. The summed E-state index contributed by atoms with van der Waals surface area (Å²) in [6.07, 6.45) is 5.46. The molecule has 3 rings (SSSR count). The lowest BCUT2D eigenvalue weighted by Gasteiger charge is -2.17. The second kappa shape index (κ2) is 3.60. The van der Waals surface area contributed by atoms with Gasteiger partial charge in [0.1, 0.15) is 0 Å². The Balaban J connectivity index is 1.98. The first-order valence-electron chi connectivity index (χ1n) is 5.76. The van der Waals surface area contributed by atoms with Crippen molar-refractivity contribution in [2.24, 2.45) is 5.92 Å². The van der Waals surface area contributed by atoms with Gasteiger partial charge in [-0.3, -0.25) is 0 Å². The van der Waals surface area contributed by atoms with Crippen LogP contribution in [-0.4, -0.2) is 4.99 Å². The number of fused-ring (bicyclic) bond motifs is 1. The zero-order valence-electron chi connectivity index (χ0n) is 8.70. The van der Waals surface area contributed by atoms with E-state index in [0.717, 1.165) is 10.9 Å². The summed E-state index contributed by atoms with van der Waals surface area (Å²) in [4.78, 5) is 1.04. The molecule has 0 radical (unpaired) electrons. The van der Waals surface area contributed by atoms with Crippen molar-refractivity contribution < 1.29 is 0 Å². The molecule has 15 heavy (non-hydrogen) atoms. The summed E-state index contributed by atoms with van der Waals surface area (Å²) in [7, 11) is 0. The molecular weight excluding hydrogens is 202 g/mol. The minimum atomic E-state index is 0.499. The smallest absolute Gasteiger partial charge is 0.0876 e. The maximum Gasteiger partial charge on any atom is 0.0876 e. The van der Waals surface area contributed by atoms with Gasteiger partial charge in [0.25, 0.3) is 0 Å². The Morgan fingerprint density at radius 3 is 2.67 bits per heavy atom. The Labute approximate surface area is 95.9 Å². The molecule has 0 aromatic heterocycles. The van der Waals surface area contributed by atoms with Crippen LogP contribution in [0.1, 0.15) is 37.2 Å². The predicted molar refractivity (Wildman–Crippen MR) is 67.4 cm³/mol. The van der Waals surface area contributed by atoms with E-state index < -0.39 is 0 Å². The molecule has 2 heteroatoms. The van der Waals surface area contributed by atoms with E-state index in [2.05, 4.69) is 29.6 Å². The fraction of sp³-hybridized carbons (Fsp3) is 0.462. The van der Waals surface area contributed by atoms with Gasteiger partial charge in [-0.05, 0) is 30.4 Å². The topological polar surface area (TPSA) is 12.0 Å². The van der Waals surface area contributed by atoms with Crippen molar-refractivity contribution in [3.8, 4) is 0 Å². The maximum atomic E-state index is 5.47. The summed E-state index contributed by atoms with van der Waals surface area (Å²) in [5.41, 5.74) is 2.66. The maximum absolute atomic E-state index is 5.47. The third-order valence-electron chi connectivity index (χ3n) is 3.71. The zero-order valence-corrected chi connectivity index (χ0v) is 9.52. The van der Waals surface area contributed by atoms with Crippen LogP contribution in [0.2, 0.25) is 0 Å². The highest BCUT2D eigenvalue weighted by molar-refractivity contribution is 7.80. The van der Waals surface area contributed by atoms with Gasteiger partial charge in [-0.2, -0.15) is 0 Å². The molecule has 0 unspecified atom stereocenters. The van der Waals surface area contributed by atoms with Gasteiger partial charge < -0.3 is 5.32 Å². The van der Waals surface area contributed by atoms with Crippen molar-refractivity contribution in [3.63, 3.8) is 0 Å². The molecule has 0 spiro atoms. The highest BCUT2D eigenvalue weighted by atomic mass is 32.1. The van der Waals surface area contributed by atoms with E-state index in [0.29, 0.717) is 5.92 Å². The Hall–Kier alpha value is -0.890. The lowest BCUT2D eigenvalue weighted by atomic mass is 9.86. The van der Waals surface area contributed by atoms with E-state index in [1.165, 1.54) is 36.9 Å². The minimum absolute atomic E-state index is 0.499. The standard InChI is InChI=1S/C13H15NS/c15-13-12(9-5-1-2-6-9)10-7-3-4-8-11(10)14-13/h3-4,7-9,12H,1-2,5-6H2,(H,14,15)/t12-/m1/s1. The second-order valence-corrected chi connectivity index (χ2v) is 5.04. The number of hydrogen-bond acceptors (Lipinski definition) is 1. The van der Waals surface area contributed by atoms with Crippen LogP contribution in [0.5, 0.6) is 0 Å². The summed E-state index contributed by atoms with van der Waals surface area (Å²) in [5, 5.41) is 3.36. The van der Waals surface area contributed by atoms with Gasteiger partial charge in [0.05, 0.1) is 4.99 Å². The molecule has 1 atom stereocenters. The lowest BCUT2D eigenvalue weighted by molar-refractivity contribution is 0.521. The van der Waals surface area contributed by atoms with Crippen LogP contribution in [0.3, 0.4) is 0 Å². The number of para-hydroxylation sites is 1. The Bertz CT molecular complexity index is 393. The third kappa shape index (κ3) is 1.48. The van der Waals surface area contributed by atoms with E-state index in [1.807, 2.05) is 0 Å². The molecule has 1 N–H and O–H groups in total. The zero-order chi connectivity index (χ0) is 10.3. The van der Waals surface area contributed by atoms with Gasteiger partial charge >= 0.3 is 0 Å². The van der Waals surface area contributed by atoms with Crippen molar-refractivity contribution in [1.82, 2.24) is 0 Å². The van der Waals surface area contributed by atoms with E-state index in [9.17, 15) is 0 Å². The summed E-state index contributed by atoms with van der Waals surface area (Å²) < 4.78 is 0. The Morgan fingerprint density at radius 1 is 1.13 bits per heavy atom. The Kier molecular flexibility index (Phi) is 2.24. The molecule has 1 heterocycles. The molecule has 1 aliphatic carbocycles. The quantitative estimate of drug-likeness (QED) is 0.720. The van der Waals surface area contributed by atoms with E-state index >= 15 is 0 Å². The van der Waals surface area contributed by atoms with Crippen LogP contribution in [0.25, 0.3) is 0 Å². The number of thiocarbonyl (C=S) groups is 1. The highest BCUT2D eigenvalue weighted by Gasteiger charge is 2.34. The molecule has 1 nitrogen and oxygen atoms in total. The fourth-order valence-corrected chi connectivity index (χ4v) is 3.42. The average molecular weight is 217 g/mol. The van der Waals surface area contributed by atoms with Gasteiger partial charge in [-0.1, -0.05) is 43.3 Å². The largest absolute Gasteiger partial charge is 0.349 e. The summed E-state index contributed by atoms with van der Waals surface area (Å²) >= 11 is 5.47. The van der Waals surface area contributed by atoms with Crippen molar-refractivity contribution in [2.75, 3.05) is 5.32 Å². The van der Waals surface area contributed by atoms with E-state index in [-0.39, 0.29) is 0 Å². The monoisotopic (exact) mass is 217 g/mol. The van der Waals surface area contributed by atoms with Gasteiger partial charge in [0.15, 0.2) is 0 Å². The van der Waals surface area contributed by atoms with Crippen LogP contribution < -0.4 is 5.32 Å². The van der Waals surface area contributed by atoms with Crippen LogP contribution in [0.15, 0.2) is 24.3 Å². The molecule has 1 aliphatic heterocycles. The van der Waals surface area contributed by atoms with Crippen LogP contribution in [-0.2, 0) is 0 Å². The van der Waals surface area contributed by atoms with Crippen molar-refractivity contribution in [3.05, 3.63) is 29.8 Å². The molecule has 1 aromatic rings. The molecule has 0 amide bonds. The SMILES string of the molecule is S=C1Nc2ccccc2[C@H]1C1CCCC1. The molecule has 1 saturated carbocycles. The number of rotatable bonds is 1. The predicted octanol–water partition coefficient (Wildman–Crippen LogP) is 3.71. The van der Waals surface area contributed by atoms with Crippen LogP contribution in [0, 0.1) is 5.92 Å². The van der Waals surface area contributed by atoms with Crippen molar-refractivity contribution in [2.45, 2.75) is 31.6 Å². The van der Waals surface area contributed by atoms with Crippen LogP contribution >= 0.6 is 12.2 Å². The highest BCUT2D eigenvalue weighted by Crippen LogP contribution is 2.44. The Morgan fingerprint density at radius 2 is 1.87 bits per heavy atom. The lowest BCUT2D eigenvalue weighted by Crippen LogP contribution is -2.16. The first-order valence-corrected chi connectivity index (χ1v) is 6.17. The van der Waals surface area contributed by atoms with E-state index in [4.69, 9.17) is 12.2 Å². The molecule has 1 fully saturated rings. The first kappa shape index (κ1) is 9.34. The number of nitrogens with one attached hydrogen (secondary N) is 1. The van der Waals surface area contributed by atoms with Crippen molar-refractivity contribution in [1.29, 1.82) is 0 Å². The normalized spacial score (nSPS) is 25.3. The number of benzene rings is 1. The molecule has 0 bridgehead atoms. The summed E-state index contributed by atoms with van der Waals surface area (Å²) in [5.74, 6) is 1.28. The first-order chi connectivity index (χ1) is 7.36. The van der Waals surface area contributed by atoms with E-state index in [1.54, 1.807) is 0 Å². The molecule has 0 saturated heterocycles. The van der Waals surface area contributed by atoms with Crippen molar-refractivity contribution >= 4 is 22.9 Å². The number of hydrogen-bond donors (Lipinski definition) is 1. The summed E-state index contributed by atoms with van der Waals surface area (Å²) in [6, 6.07) is 8.56. The van der Waals surface area contributed by atoms with Gasteiger partial charge in [0, 0.05) is 11.6 Å². The van der Waals surface area contributed by atoms with Crippen LogP contribution in [0.4, 0.5) is 5.69 Å². The summed E-state index contributed by atoms with van der Waals surface area (Å²) in [6.45, 7) is 0. The molecule has 78 valence electrons. The van der Waals surface area contributed by atoms with Gasteiger partial charge in [-0.15, -0.1) is 0 Å². The number of anilines is 1. The molecule has 1 aromatic carbocycles. The van der Waals surface area contributed by atoms with Gasteiger partial charge in [0.2, 0.25) is 0 Å². The fourth-order valence-electron chi connectivity index (χ4n) is 2.99. The molecular formula is C13H15NS. The van der Waals surface area contributed by atoms with Gasteiger partial charge in [-0.25, -0.2) is 0 Å².